The fourth-order valence-electron chi connectivity index (χ4n) is 3.20. The minimum Gasteiger partial charge on any atom is -0.375 e. The Kier molecular flexibility index (Phi) is 4.83. The standard InChI is InChI=1S/C17H20F3NO3/c18-17(19,20)15(13-4-2-1-3-5-13)23-12-14(22)21-9-6-16(7-10-21)8-11-24-16/h1-5,15H,6-12H2. The number of halogens is 3. The third-order valence-electron chi connectivity index (χ3n) is 4.77. The maximum Gasteiger partial charge on any atom is 0.418 e. The van der Waals surface area contributed by atoms with E-state index in [9.17, 15) is 18.0 Å². The van der Waals surface area contributed by atoms with Gasteiger partial charge in [-0.3, -0.25) is 4.79 Å². The lowest BCUT2D eigenvalue weighted by Gasteiger charge is -2.47. The number of alkyl halides is 3. The Morgan fingerprint density at radius 3 is 2.33 bits per heavy atom. The Bertz CT molecular complexity index is 562. The van der Waals surface area contributed by atoms with Crippen LogP contribution in [0.5, 0.6) is 0 Å². The van der Waals surface area contributed by atoms with Gasteiger partial charge in [-0.1, -0.05) is 30.3 Å². The molecule has 0 radical (unpaired) electrons. The molecule has 0 aliphatic carbocycles. The van der Waals surface area contributed by atoms with Gasteiger partial charge in [-0.15, -0.1) is 0 Å². The minimum atomic E-state index is -4.56. The number of nitrogens with zero attached hydrogens (tertiary/aromatic N) is 1. The van der Waals surface area contributed by atoms with E-state index in [-0.39, 0.29) is 11.2 Å². The lowest BCUT2D eigenvalue weighted by Crippen LogP contribution is -2.54. The zero-order valence-corrected chi connectivity index (χ0v) is 13.2. The SMILES string of the molecule is O=C(COC(c1ccccc1)C(F)(F)F)N1CCC2(CCO2)CC1. The van der Waals surface area contributed by atoms with Crippen LogP contribution in [0.3, 0.4) is 0 Å². The molecule has 1 spiro atoms. The monoisotopic (exact) mass is 343 g/mol. The number of likely N-dealkylation sites (tertiary alicyclic amines) is 1. The molecule has 2 aliphatic rings. The molecule has 1 aromatic carbocycles. The Hall–Kier alpha value is -1.60. The zero-order valence-electron chi connectivity index (χ0n) is 13.2. The molecule has 1 atom stereocenters. The van der Waals surface area contributed by atoms with E-state index in [0.717, 1.165) is 25.9 Å². The highest BCUT2D eigenvalue weighted by atomic mass is 19.4. The number of piperidine rings is 1. The molecule has 2 fully saturated rings. The van der Waals surface area contributed by atoms with Crippen molar-refractivity contribution in [2.75, 3.05) is 26.3 Å². The fraction of sp³-hybridized carbons (Fsp3) is 0.588. The van der Waals surface area contributed by atoms with Crippen LogP contribution >= 0.6 is 0 Å². The number of carbonyl (C=O) groups excluding carboxylic acids is 1. The van der Waals surface area contributed by atoms with Crippen molar-refractivity contribution in [2.24, 2.45) is 0 Å². The van der Waals surface area contributed by atoms with Crippen LogP contribution in [0.1, 0.15) is 30.9 Å². The number of rotatable bonds is 4. The molecule has 1 amide bonds. The molecule has 0 aromatic heterocycles. The summed E-state index contributed by atoms with van der Waals surface area (Å²) in [5, 5.41) is 0. The number of carbonyl (C=O) groups is 1. The number of amides is 1. The molecule has 7 heteroatoms. The number of hydrogen-bond donors (Lipinski definition) is 0. The van der Waals surface area contributed by atoms with E-state index in [4.69, 9.17) is 9.47 Å². The van der Waals surface area contributed by atoms with Gasteiger partial charge in [0.05, 0.1) is 12.2 Å². The van der Waals surface area contributed by atoms with Crippen LogP contribution < -0.4 is 0 Å². The van der Waals surface area contributed by atoms with Crippen molar-refractivity contribution in [3.05, 3.63) is 35.9 Å². The average Bonchev–Trinajstić information content (AvgIpc) is 2.53. The van der Waals surface area contributed by atoms with E-state index in [1.807, 2.05) is 0 Å². The van der Waals surface area contributed by atoms with Gasteiger partial charge in [-0.25, -0.2) is 0 Å². The van der Waals surface area contributed by atoms with Crippen molar-refractivity contribution in [3.8, 4) is 0 Å². The van der Waals surface area contributed by atoms with Crippen molar-refractivity contribution in [2.45, 2.75) is 37.1 Å². The molecule has 132 valence electrons. The first kappa shape index (κ1) is 17.2. The van der Waals surface area contributed by atoms with Crippen molar-refractivity contribution < 1.29 is 27.4 Å². The average molecular weight is 343 g/mol. The molecule has 3 rings (SSSR count). The van der Waals surface area contributed by atoms with Gasteiger partial charge < -0.3 is 14.4 Å². The van der Waals surface area contributed by atoms with Crippen LogP contribution in [0.2, 0.25) is 0 Å². The lowest BCUT2D eigenvalue weighted by molar-refractivity contribution is -0.225. The van der Waals surface area contributed by atoms with Gasteiger partial charge >= 0.3 is 6.18 Å². The highest BCUT2D eigenvalue weighted by Crippen LogP contribution is 2.37. The summed E-state index contributed by atoms with van der Waals surface area (Å²) in [7, 11) is 0. The maximum absolute atomic E-state index is 13.2. The van der Waals surface area contributed by atoms with Crippen LogP contribution in [-0.4, -0.2) is 48.9 Å². The molecular weight excluding hydrogens is 323 g/mol. The van der Waals surface area contributed by atoms with Crippen LogP contribution in [-0.2, 0) is 14.3 Å². The van der Waals surface area contributed by atoms with Crippen molar-refractivity contribution >= 4 is 5.91 Å². The van der Waals surface area contributed by atoms with Crippen LogP contribution in [0, 0.1) is 0 Å². The summed E-state index contributed by atoms with van der Waals surface area (Å²) in [5.74, 6) is -0.408. The molecule has 0 bridgehead atoms. The highest BCUT2D eigenvalue weighted by molar-refractivity contribution is 5.77. The topological polar surface area (TPSA) is 38.8 Å². The van der Waals surface area contributed by atoms with E-state index in [2.05, 4.69) is 0 Å². The summed E-state index contributed by atoms with van der Waals surface area (Å²) >= 11 is 0. The molecule has 0 N–H and O–H groups in total. The molecule has 24 heavy (non-hydrogen) atoms. The molecule has 1 aromatic rings. The van der Waals surface area contributed by atoms with E-state index in [1.54, 1.807) is 11.0 Å². The van der Waals surface area contributed by atoms with Crippen molar-refractivity contribution in [1.82, 2.24) is 4.90 Å². The third kappa shape index (κ3) is 3.72. The Morgan fingerprint density at radius 1 is 1.21 bits per heavy atom. The largest absolute Gasteiger partial charge is 0.418 e. The minimum absolute atomic E-state index is 0.00161. The van der Waals surface area contributed by atoms with Gasteiger partial charge in [0.2, 0.25) is 5.91 Å². The zero-order chi connectivity index (χ0) is 17.2. The van der Waals surface area contributed by atoms with Gasteiger partial charge in [0.1, 0.15) is 6.61 Å². The predicted octanol–water partition coefficient (Wildman–Crippen LogP) is 3.09. The summed E-state index contributed by atoms with van der Waals surface area (Å²) in [5.41, 5.74) is -0.103. The second-order valence-corrected chi connectivity index (χ2v) is 6.31. The van der Waals surface area contributed by atoms with E-state index in [0.29, 0.717) is 13.1 Å². The number of hydrogen-bond acceptors (Lipinski definition) is 3. The maximum atomic E-state index is 13.2. The Balaban J connectivity index is 1.55. The normalized spacial score (nSPS) is 21.4. The van der Waals surface area contributed by atoms with E-state index >= 15 is 0 Å². The summed E-state index contributed by atoms with van der Waals surface area (Å²) in [4.78, 5) is 13.7. The summed E-state index contributed by atoms with van der Waals surface area (Å²) in [6.07, 6.45) is -4.18. The van der Waals surface area contributed by atoms with Crippen molar-refractivity contribution in [1.29, 1.82) is 0 Å². The molecule has 0 saturated carbocycles. The van der Waals surface area contributed by atoms with Gasteiger partial charge in [0, 0.05) is 13.1 Å². The molecule has 2 heterocycles. The molecule has 1 unspecified atom stereocenters. The quantitative estimate of drug-likeness (QED) is 0.843. The van der Waals surface area contributed by atoms with E-state index < -0.39 is 24.8 Å². The summed E-state index contributed by atoms with van der Waals surface area (Å²) in [6.45, 7) is 1.18. The van der Waals surface area contributed by atoms with Gasteiger partial charge in [-0.05, 0) is 24.8 Å². The second-order valence-electron chi connectivity index (χ2n) is 6.31. The Labute approximate surface area is 138 Å². The first-order chi connectivity index (χ1) is 11.4. The number of ether oxygens (including phenoxy) is 2. The van der Waals surface area contributed by atoms with Crippen LogP contribution in [0.25, 0.3) is 0 Å². The first-order valence-corrected chi connectivity index (χ1v) is 8.05. The Morgan fingerprint density at radius 2 is 1.83 bits per heavy atom. The third-order valence-corrected chi connectivity index (χ3v) is 4.77. The van der Waals surface area contributed by atoms with Crippen LogP contribution in [0.15, 0.2) is 30.3 Å². The lowest BCUT2D eigenvalue weighted by atomic mass is 9.84. The van der Waals surface area contributed by atoms with Gasteiger partial charge in [0.25, 0.3) is 0 Å². The van der Waals surface area contributed by atoms with Gasteiger partial charge in [0.15, 0.2) is 6.10 Å². The molecule has 2 aliphatic heterocycles. The van der Waals surface area contributed by atoms with Crippen LogP contribution in [0.4, 0.5) is 13.2 Å². The molecule has 2 saturated heterocycles. The smallest absolute Gasteiger partial charge is 0.375 e. The fourth-order valence-corrected chi connectivity index (χ4v) is 3.20. The highest BCUT2D eigenvalue weighted by Gasteiger charge is 2.44. The van der Waals surface area contributed by atoms with Gasteiger partial charge in [-0.2, -0.15) is 13.2 Å². The summed E-state index contributed by atoms with van der Waals surface area (Å²) < 4.78 is 50.1. The second kappa shape index (κ2) is 6.72. The van der Waals surface area contributed by atoms with E-state index in [1.165, 1.54) is 24.3 Å². The summed E-state index contributed by atoms with van der Waals surface area (Å²) in [6, 6.07) is 7.36. The number of benzene rings is 1. The molecular formula is C17H20F3NO3. The molecule has 4 nitrogen and oxygen atoms in total. The van der Waals surface area contributed by atoms with Crippen molar-refractivity contribution in [3.63, 3.8) is 0 Å². The first-order valence-electron chi connectivity index (χ1n) is 8.05. The predicted molar refractivity (Wildman–Crippen MR) is 80.3 cm³/mol.